The van der Waals surface area contributed by atoms with Gasteiger partial charge in [-0.25, -0.2) is 8.42 Å². The van der Waals surface area contributed by atoms with E-state index in [0.717, 1.165) is 70.0 Å². The maximum Gasteiger partial charge on any atom is 0.229 e. The smallest absolute Gasteiger partial charge is 0.229 e. The molecule has 0 fully saturated rings. The Bertz CT molecular complexity index is 1310. The zero-order valence-corrected chi connectivity index (χ0v) is 24.9. The first-order chi connectivity index (χ1) is 18.7. The fourth-order valence-corrected chi connectivity index (χ4v) is 5.27. The average molecular weight is 557 g/mol. The van der Waals surface area contributed by atoms with Crippen molar-refractivity contribution in [3.05, 3.63) is 59.4 Å². The standard InChI is InChI=1S/C31H44N2O5S/c1-6-10-13-28-30(26-22-24(32-39(5,35)36)16-19-27(26)38-28)31(34)23-14-17-25(18-15-23)37-29(9-4)33(20-11-7-2)21-12-8-3/h14-19,22,29,32H,6-13,20-21H2,1-5H3. The van der Waals surface area contributed by atoms with Crippen molar-refractivity contribution < 1.29 is 22.4 Å². The summed E-state index contributed by atoms with van der Waals surface area (Å²) in [5.41, 5.74) is 1.98. The number of nitrogens with one attached hydrogen (secondary N) is 1. The zero-order valence-electron chi connectivity index (χ0n) is 24.1. The van der Waals surface area contributed by atoms with E-state index in [1.165, 1.54) is 0 Å². The summed E-state index contributed by atoms with van der Waals surface area (Å²) in [7, 11) is -3.46. The number of unbranched alkanes of at least 4 members (excludes halogenated alkanes) is 3. The van der Waals surface area contributed by atoms with E-state index in [-0.39, 0.29) is 12.0 Å². The molecule has 0 aliphatic carbocycles. The summed E-state index contributed by atoms with van der Waals surface area (Å²) >= 11 is 0. The van der Waals surface area contributed by atoms with E-state index in [9.17, 15) is 13.2 Å². The first-order valence-electron chi connectivity index (χ1n) is 14.3. The van der Waals surface area contributed by atoms with Gasteiger partial charge < -0.3 is 9.15 Å². The van der Waals surface area contributed by atoms with Gasteiger partial charge in [-0.15, -0.1) is 0 Å². The topological polar surface area (TPSA) is 88.8 Å². The van der Waals surface area contributed by atoms with Gasteiger partial charge in [0.15, 0.2) is 12.0 Å². The molecule has 3 aromatic rings. The van der Waals surface area contributed by atoms with Gasteiger partial charge in [-0.1, -0.05) is 47.0 Å². The predicted octanol–water partition coefficient (Wildman–Crippen LogP) is 7.40. The van der Waals surface area contributed by atoms with Gasteiger partial charge in [0.25, 0.3) is 0 Å². The summed E-state index contributed by atoms with van der Waals surface area (Å²) in [6.45, 7) is 10.7. The number of carbonyl (C=O) groups is 1. The van der Waals surface area contributed by atoms with Crippen molar-refractivity contribution in [2.45, 2.75) is 85.3 Å². The highest BCUT2D eigenvalue weighted by Crippen LogP contribution is 2.32. The quantitative estimate of drug-likeness (QED) is 0.138. The summed E-state index contributed by atoms with van der Waals surface area (Å²) in [4.78, 5) is 16.2. The molecule has 1 heterocycles. The lowest BCUT2D eigenvalue weighted by Crippen LogP contribution is -2.40. The number of ketones is 1. The highest BCUT2D eigenvalue weighted by Gasteiger charge is 2.23. The third-order valence-electron chi connectivity index (χ3n) is 6.79. The van der Waals surface area contributed by atoms with Crippen LogP contribution in [0.25, 0.3) is 11.0 Å². The lowest BCUT2D eigenvalue weighted by Gasteiger charge is -2.31. The van der Waals surface area contributed by atoms with Gasteiger partial charge in [-0.05, 0) is 68.1 Å². The molecule has 1 aromatic heterocycles. The van der Waals surface area contributed by atoms with E-state index in [4.69, 9.17) is 9.15 Å². The molecular weight excluding hydrogens is 512 g/mol. The van der Waals surface area contributed by atoms with Crippen molar-refractivity contribution in [2.75, 3.05) is 24.1 Å². The van der Waals surface area contributed by atoms with Crippen LogP contribution in [-0.2, 0) is 16.4 Å². The van der Waals surface area contributed by atoms with Gasteiger partial charge in [-0.2, -0.15) is 0 Å². The van der Waals surface area contributed by atoms with E-state index in [1.54, 1.807) is 30.3 Å². The number of aryl methyl sites for hydroxylation is 1. The zero-order chi connectivity index (χ0) is 28.4. The fourth-order valence-electron chi connectivity index (χ4n) is 4.71. The van der Waals surface area contributed by atoms with E-state index in [1.807, 2.05) is 12.1 Å². The Morgan fingerprint density at radius 2 is 1.59 bits per heavy atom. The second-order valence-electron chi connectivity index (χ2n) is 10.2. The minimum absolute atomic E-state index is 0.0103. The Balaban J connectivity index is 1.89. The first kappa shape index (κ1) is 30.7. The minimum atomic E-state index is -3.46. The minimum Gasteiger partial charge on any atom is -0.475 e. The number of anilines is 1. The SMILES string of the molecule is CCCCc1oc2ccc(NS(C)(=O)=O)cc2c1C(=O)c1ccc(OC(CC)N(CCCC)CCCC)cc1. The van der Waals surface area contributed by atoms with Crippen LogP contribution in [0.15, 0.2) is 46.9 Å². The van der Waals surface area contributed by atoms with E-state index >= 15 is 0 Å². The van der Waals surface area contributed by atoms with Gasteiger partial charge in [0, 0.05) is 36.1 Å². The molecule has 3 rings (SSSR count). The van der Waals surface area contributed by atoms with Crippen LogP contribution >= 0.6 is 0 Å². The second kappa shape index (κ2) is 14.5. The van der Waals surface area contributed by atoms with Crippen molar-refractivity contribution in [1.29, 1.82) is 0 Å². The molecule has 0 saturated carbocycles. The average Bonchev–Trinajstić information content (AvgIpc) is 3.27. The van der Waals surface area contributed by atoms with Crippen LogP contribution in [0.1, 0.15) is 94.3 Å². The number of nitrogens with zero attached hydrogens (tertiary/aromatic N) is 1. The molecular formula is C31H44N2O5S. The van der Waals surface area contributed by atoms with Gasteiger partial charge in [0.1, 0.15) is 17.1 Å². The Morgan fingerprint density at radius 1 is 0.949 bits per heavy atom. The number of rotatable bonds is 17. The summed E-state index contributed by atoms with van der Waals surface area (Å²) < 4.78 is 38.5. The number of ether oxygens (including phenoxy) is 1. The summed E-state index contributed by atoms with van der Waals surface area (Å²) in [6.07, 6.45) is 9.00. The third kappa shape index (κ3) is 8.57. The van der Waals surface area contributed by atoms with Crippen molar-refractivity contribution in [3.63, 3.8) is 0 Å². The van der Waals surface area contributed by atoms with Crippen LogP contribution in [0.3, 0.4) is 0 Å². The monoisotopic (exact) mass is 556 g/mol. The van der Waals surface area contributed by atoms with E-state index < -0.39 is 10.0 Å². The number of hydrogen-bond donors (Lipinski definition) is 1. The van der Waals surface area contributed by atoms with Gasteiger partial charge in [0.2, 0.25) is 10.0 Å². The molecule has 1 atom stereocenters. The Hall–Kier alpha value is -2.84. The van der Waals surface area contributed by atoms with Crippen LogP contribution in [0.4, 0.5) is 5.69 Å². The van der Waals surface area contributed by atoms with Crippen molar-refractivity contribution >= 4 is 32.5 Å². The third-order valence-corrected chi connectivity index (χ3v) is 7.40. The Kier molecular flexibility index (Phi) is 11.4. The molecule has 1 unspecified atom stereocenters. The van der Waals surface area contributed by atoms with Crippen LogP contribution < -0.4 is 9.46 Å². The van der Waals surface area contributed by atoms with Gasteiger partial charge in [-0.3, -0.25) is 14.4 Å². The highest BCUT2D eigenvalue weighted by molar-refractivity contribution is 7.92. The van der Waals surface area contributed by atoms with Crippen LogP contribution in [0.2, 0.25) is 0 Å². The maximum absolute atomic E-state index is 13.8. The molecule has 8 heteroatoms. The van der Waals surface area contributed by atoms with Gasteiger partial charge in [0.05, 0.1) is 11.8 Å². The van der Waals surface area contributed by atoms with Crippen LogP contribution in [0.5, 0.6) is 5.75 Å². The number of furan rings is 1. The molecule has 0 bridgehead atoms. The molecule has 2 aromatic carbocycles. The highest BCUT2D eigenvalue weighted by atomic mass is 32.2. The van der Waals surface area contributed by atoms with Crippen molar-refractivity contribution in [1.82, 2.24) is 4.90 Å². The lowest BCUT2D eigenvalue weighted by molar-refractivity contribution is 0.0202. The molecule has 0 aliphatic heterocycles. The molecule has 0 spiro atoms. The Labute approximate surface area is 234 Å². The molecule has 0 radical (unpaired) electrons. The normalized spacial score (nSPS) is 12.7. The molecule has 7 nitrogen and oxygen atoms in total. The molecule has 1 N–H and O–H groups in total. The van der Waals surface area contributed by atoms with Crippen LogP contribution in [-0.4, -0.2) is 44.7 Å². The van der Waals surface area contributed by atoms with Gasteiger partial charge >= 0.3 is 0 Å². The van der Waals surface area contributed by atoms with Crippen LogP contribution in [0, 0.1) is 0 Å². The predicted molar refractivity (Wildman–Crippen MR) is 159 cm³/mol. The number of carbonyl (C=O) groups excluding carboxylic acids is 1. The lowest BCUT2D eigenvalue weighted by atomic mass is 9.98. The maximum atomic E-state index is 13.8. The summed E-state index contributed by atoms with van der Waals surface area (Å²) in [5.74, 6) is 1.21. The largest absolute Gasteiger partial charge is 0.475 e. The number of sulfonamides is 1. The molecule has 0 aliphatic rings. The second-order valence-corrected chi connectivity index (χ2v) is 11.9. The Morgan fingerprint density at radius 3 is 2.15 bits per heavy atom. The molecule has 0 saturated heterocycles. The summed E-state index contributed by atoms with van der Waals surface area (Å²) in [6, 6.07) is 12.3. The first-order valence-corrected chi connectivity index (χ1v) is 16.2. The van der Waals surface area contributed by atoms with E-state index in [0.29, 0.717) is 40.0 Å². The number of fused-ring (bicyclic) bond motifs is 1. The molecule has 214 valence electrons. The van der Waals surface area contributed by atoms with Crippen molar-refractivity contribution in [2.24, 2.45) is 0 Å². The molecule has 39 heavy (non-hydrogen) atoms. The van der Waals surface area contributed by atoms with E-state index in [2.05, 4.69) is 37.3 Å². The fraction of sp³-hybridized carbons (Fsp3) is 0.516. The molecule has 0 amide bonds. The summed E-state index contributed by atoms with van der Waals surface area (Å²) in [5, 5.41) is 0.605. The number of benzene rings is 2. The van der Waals surface area contributed by atoms with Crippen molar-refractivity contribution in [3.8, 4) is 5.75 Å². The number of hydrogen-bond acceptors (Lipinski definition) is 6.